The molecular weight excluding hydrogens is 340 g/mol. The van der Waals surface area contributed by atoms with Crippen LogP contribution in [0.3, 0.4) is 0 Å². The van der Waals surface area contributed by atoms with Crippen molar-refractivity contribution in [1.82, 2.24) is 14.7 Å². The minimum absolute atomic E-state index is 0.0269. The van der Waals surface area contributed by atoms with Gasteiger partial charge in [-0.3, -0.25) is 9.80 Å². The third-order valence-corrected chi connectivity index (χ3v) is 5.65. The normalized spacial score (nSPS) is 19.5. The number of anilines is 1. The molecule has 0 saturated carbocycles. The highest BCUT2D eigenvalue weighted by molar-refractivity contribution is 5.91. The highest BCUT2D eigenvalue weighted by Crippen LogP contribution is 2.27. The molecule has 6 nitrogen and oxygen atoms in total. The van der Waals surface area contributed by atoms with E-state index in [1.807, 2.05) is 4.90 Å². The summed E-state index contributed by atoms with van der Waals surface area (Å²) in [6, 6.07) is 6.26. The van der Waals surface area contributed by atoms with Crippen LogP contribution in [0, 0.1) is 6.92 Å². The molecule has 0 spiro atoms. The first-order chi connectivity index (χ1) is 13.0. The number of amides is 2. The van der Waals surface area contributed by atoms with Gasteiger partial charge < -0.3 is 15.0 Å². The molecule has 2 heterocycles. The topological polar surface area (TPSA) is 48.1 Å². The van der Waals surface area contributed by atoms with Crippen molar-refractivity contribution in [3.05, 3.63) is 29.3 Å². The molecule has 0 bridgehead atoms. The van der Waals surface area contributed by atoms with Gasteiger partial charge in [0.25, 0.3) is 0 Å². The number of piperazine rings is 1. The first-order valence-electron chi connectivity index (χ1n) is 10.2. The van der Waals surface area contributed by atoms with Crippen LogP contribution in [0.2, 0.25) is 0 Å². The van der Waals surface area contributed by atoms with E-state index in [2.05, 4.69) is 54.1 Å². The van der Waals surface area contributed by atoms with E-state index in [1.165, 1.54) is 5.56 Å². The number of carbonyl (C=O) groups excluding carboxylic acids is 1. The molecule has 150 valence electrons. The van der Waals surface area contributed by atoms with E-state index in [4.69, 9.17) is 4.74 Å². The molecule has 0 aliphatic carbocycles. The van der Waals surface area contributed by atoms with Crippen molar-refractivity contribution in [2.75, 3.05) is 70.9 Å². The number of nitrogens with one attached hydrogen (secondary N) is 1. The zero-order valence-electron chi connectivity index (χ0n) is 17.0. The SMILES string of the molecule is Cc1cccc(C(C)C)c1NC(=O)N1CCN(CCN2CCOCC2)CC1. The Hall–Kier alpha value is -1.63. The third kappa shape index (κ3) is 5.43. The Bertz CT molecular complexity index is 621. The molecule has 3 rings (SSSR count). The molecule has 6 heteroatoms. The molecule has 0 atom stereocenters. The molecule has 2 fully saturated rings. The quantitative estimate of drug-likeness (QED) is 0.861. The fraction of sp³-hybridized carbons (Fsp3) is 0.667. The smallest absolute Gasteiger partial charge is 0.321 e. The van der Waals surface area contributed by atoms with Crippen molar-refractivity contribution < 1.29 is 9.53 Å². The summed E-state index contributed by atoms with van der Waals surface area (Å²) in [6.07, 6.45) is 0. The summed E-state index contributed by atoms with van der Waals surface area (Å²) in [7, 11) is 0. The fourth-order valence-corrected chi connectivity index (χ4v) is 3.81. The van der Waals surface area contributed by atoms with E-state index in [0.717, 1.165) is 76.8 Å². The highest BCUT2D eigenvalue weighted by atomic mass is 16.5. The van der Waals surface area contributed by atoms with Crippen LogP contribution < -0.4 is 5.32 Å². The molecule has 2 amide bonds. The van der Waals surface area contributed by atoms with Gasteiger partial charge in [-0.05, 0) is 24.0 Å². The number of carbonyl (C=O) groups is 1. The van der Waals surface area contributed by atoms with E-state index in [1.54, 1.807) is 0 Å². The van der Waals surface area contributed by atoms with Gasteiger partial charge in [0, 0.05) is 58.0 Å². The minimum atomic E-state index is 0.0269. The standard InChI is InChI=1S/C21H34N4O2/c1-17(2)19-6-4-5-18(3)20(19)22-21(26)25-11-9-23(10-12-25)7-8-24-13-15-27-16-14-24/h4-6,17H,7-16H2,1-3H3,(H,22,26). The fourth-order valence-electron chi connectivity index (χ4n) is 3.81. The second-order valence-corrected chi connectivity index (χ2v) is 7.91. The van der Waals surface area contributed by atoms with Crippen LogP contribution in [0.25, 0.3) is 0 Å². The van der Waals surface area contributed by atoms with Crippen molar-refractivity contribution >= 4 is 11.7 Å². The summed E-state index contributed by atoms with van der Waals surface area (Å²) in [4.78, 5) is 19.7. The zero-order chi connectivity index (χ0) is 19.2. The summed E-state index contributed by atoms with van der Waals surface area (Å²) in [5, 5.41) is 3.17. The maximum Gasteiger partial charge on any atom is 0.321 e. The van der Waals surface area contributed by atoms with Crippen LogP contribution in [0.4, 0.5) is 10.5 Å². The van der Waals surface area contributed by atoms with Gasteiger partial charge in [-0.25, -0.2) is 4.79 Å². The number of hydrogen-bond acceptors (Lipinski definition) is 4. The molecule has 1 N–H and O–H groups in total. The number of ether oxygens (including phenoxy) is 1. The van der Waals surface area contributed by atoms with Crippen molar-refractivity contribution in [3.8, 4) is 0 Å². The number of aryl methyl sites for hydroxylation is 1. The summed E-state index contributed by atoms with van der Waals surface area (Å²) in [5.74, 6) is 0.386. The van der Waals surface area contributed by atoms with Gasteiger partial charge >= 0.3 is 6.03 Å². The first kappa shape index (κ1) is 20.1. The maximum atomic E-state index is 12.8. The number of hydrogen-bond donors (Lipinski definition) is 1. The highest BCUT2D eigenvalue weighted by Gasteiger charge is 2.23. The first-order valence-corrected chi connectivity index (χ1v) is 10.2. The lowest BCUT2D eigenvalue weighted by atomic mass is 9.98. The second-order valence-electron chi connectivity index (χ2n) is 7.91. The molecule has 2 aliphatic rings. The van der Waals surface area contributed by atoms with Crippen LogP contribution in [0.1, 0.15) is 30.9 Å². The van der Waals surface area contributed by atoms with Gasteiger partial charge in [-0.2, -0.15) is 0 Å². The Labute approximate surface area is 163 Å². The largest absolute Gasteiger partial charge is 0.379 e. The minimum Gasteiger partial charge on any atom is -0.379 e. The van der Waals surface area contributed by atoms with E-state index in [0.29, 0.717) is 5.92 Å². The zero-order valence-corrected chi connectivity index (χ0v) is 17.0. The lowest BCUT2D eigenvalue weighted by molar-refractivity contribution is 0.0311. The third-order valence-electron chi connectivity index (χ3n) is 5.65. The molecule has 0 aromatic heterocycles. The van der Waals surface area contributed by atoms with Crippen LogP contribution in [0.15, 0.2) is 18.2 Å². The van der Waals surface area contributed by atoms with Gasteiger partial charge in [0.1, 0.15) is 0 Å². The summed E-state index contributed by atoms with van der Waals surface area (Å²) < 4.78 is 5.41. The van der Waals surface area contributed by atoms with Crippen LogP contribution in [-0.4, -0.2) is 86.3 Å². The summed E-state index contributed by atoms with van der Waals surface area (Å²) >= 11 is 0. The molecule has 1 aromatic rings. The van der Waals surface area contributed by atoms with Gasteiger partial charge in [0.2, 0.25) is 0 Å². The molecule has 0 radical (unpaired) electrons. The lowest BCUT2D eigenvalue weighted by Gasteiger charge is -2.36. The predicted octanol–water partition coefficient (Wildman–Crippen LogP) is 2.60. The Kier molecular flexibility index (Phi) is 7.10. The van der Waals surface area contributed by atoms with Crippen LogP contribution in [0.5, 0.6) is 0 Å². The van der Waals surface area contributed by atoms with E-state index in [-0.39, 0.29) is 6.03 Å². The molecule has 2 aliphatic heterocycles. The average Bonchev–Trinajstić information content (AvgIpc) is 2.69. The molecule has 2 saturated heterocycles. The Morgan fingerprint density at radius 2 is 1.67 bits per heavy atom. The monoisotopic (exact) mass is 374 g/mol. The van der Waals surface area contributed by atoms with Crippen molar-refractivity contribution in [2.24, 2.45) is 0 Å². The average molecular weight is 375 g/mol. The van der Waals surface area contributed by atoms with Gasteiger partial charge in [-0.1, -0.05) is 32.0 Å². The molecule has 27 heavy (non-hydrogen) atoms. The summed E-state index contributed by atoms with van der Waals surface area (Å²) in [5.41, 5.74) is 3.30. The van der Waals surface area contributed by atoms with E-state index >= 15 is 0 Å². The van der Waals surface area contributed by atoms with Gasteiger partial charge in [0.05, 0.1) is 13.2 Å². The number of morpholine rings is 1. The van der Waals surface area contributed by atoms with Gasteiger partial charge in [0.15, 0.2) is 0 Å². The van der Waals surface area contributed by atoms with Crippen molar-refractivity contribution in [3.63, 3.8) is 0 Å². The summed E-state index contributed by atoms with van der Waals surface area (Å²) in [6.45, 7) is 15.8. The second kappa shape index (κ2) is 9.53. The van der Waals surface area contributed by atoms with Crippen LogP contribution >= 0.6 is 0 Å². The van der Waals surface area contributed by atoms with Crippen LogP contribution in [-0.2, 0) is 4.74 Å². The van der Waals surface area contributed by atoms with Crippen molar-refractivity contribution in [2.45, 2.75) is 26.7 Å². The van der Waals surface area contributed by atoms with Crippen molar-refractivity contribution in [1.29, 1.82) is 0 Å². The number of nitrogens with zero attached hydrogens (tertiary/aromatic N) is 3. The Balaban J connectivity index is 1.47. The number of benzene rings is 1. The number of urea groups is 1. The van der Waals surface area contributed by atoms with E-state index < -0.39 is 0 Å². The number of rotatable bonds is 5. The Morgan fingerprint density at radius 1 is 1.04 bits per heavy atom. The van der Waals surface area contributed by atoms with Gasteiger partial charge in [-0.15, -0.1) is 0 Å². The molecule has 0 unspecified atom stereocenters. The number of para-hydroxylation sites is 1. The molecule has 1 aromatic carbocycles. The Morgan fingerprint density at radius 3 is 2.30 bits per heavy atom. The predicted molar refractivity (Wildman–Crippen MR) is 110 cm³/mol. The maximum absolute atomic E-state index is 12.8. The lowest BCUT2D eigenvalue weighted by Crippen LogP contribution is -2.52. The van der Waals surface area contributed by atoms with E-state index in [9.17, 15) is 4.79 Å². The molecular formula is C21H34N4O2.